The van der Waals surface area contributed by atoms with E-state index in [1.165, 1.54) is 3.57 Å². The van der Waals surface area contributed by atoms with Crippen LogP contribution in [0.2, 0.25) is 0 Å². The van der Waals surface area contributed by atoms with E-state index in [9.17, 15) is 0 Å². The van der Waals surface area contributed by atoms with E-state index in [2.05, 4.69) is 45.1 Å². The van der Waals surface area contributed by atoms with Gasteiger partial charge in [0.05, 0.1) is 11.4 Å². The smallest absolute Gasteiger partial charge is 0.152 e. The van der Waals surface area contributed by atoms with Gasteiger partial charge in [0.15, 0.2) is 5.82 Å². The Labute approximate surface area is 114 Å². The van der Waals surface area contributed by atoms with Crippen molar-refractivity contribution in [2.24, 2.45) is 7.05 Å². The summed E-state index contributed by atoms with van der Waals surface area (Å²) in [5.74, 6) is 0.851. The number of halogens is 1. The molecule has 0 unspecified atom stereocenters. The largest absolute Gasteiger partial charge is 0.394 e. The van der Waals surface area contributed by atoms with Crippen LogP contribution in [0.5, 0.6) is 0 Å². The maximum Gasteiger partial charge on any atom is 0.152 e. The van der Waals surface area contributed by atoms with Crippen LogP contribution in [0.1, 0.15) is 12.6 Å². The Morgan fingerprint density at radius 3 is 2.82 bits per heavy atom. The second-order valence-electron chi connectivity index (χ2n) is 3.82. The number of anilines is 3. The minimum atomic E-state index is 0.730. The Hall–Kier alpha value is -1.24. The van der Waals surface area contributed by atoms with Gasteiger partial charge in [0.2, 0.25) is 0 Å². The van der Waals surface area contributed by atoms with Gasteiger partial charge in [-0.1, -0.05) is 13.0 Å². The van der Waals surface area contributed by atoms with Crippen molar-refractivity contribution >= 4 is 39.8 Å². The number of nitrogens with two attached hydrogens (primary N) is 1. The van der Waals surface area contributed by atoms with Crippen molar-refractivity contribution in [1.29, 1.82) is 0 Å². The lowest BCUT2D eigenvalue weighted by Crippen LogP contribution is -2.01. The molecule has 90 valence electrons. The summed E-state index contributed by atoms with van der Waals surface area (Å²) in [5.41, 5.74) is 8.74. The summed E-state index contributed by atoms with van der Waals surface area (Å²) < 4.78 is 2.97. The topological polar surface area (TPSA) is 55.9 Å². The molecule has 0 atom stereocenters. The molecule has 0 aliphatic rings. The summed E-state index contributed by atoms with van der Waals surface area (Å²) in [7, 11) is 1.89. The Kier molecular flexibility index (Phi) is 3.56. The van der Waals surface area contributed by atoms with E-state index in [-0.39, 0.29) is 0 Å². The SMILES string of the molecule is CCc1nn(C)c(Nc2cccc(I)c2)c1N. The molecule has 0 saturated carbocycles. The average Bonchev–Trinajstić information content (AvgIpc) is 2.56. The molecule has 1 aromatic heterocycles. The van der Waals surface area contributed by atoms with Gasteiger partial charge in [0.1, 0.15) is 0 Å². The second-order valence-corrected chi connectivity index (χ2v) is 5.07. The van der Waals surface area contributed by atoms with Gasteiger partial charge in [0.25, 0.3) is 0 Å². The summed E-state index contributed by atoms with van der Waals surface area (Å²) in [6, 6.07) is 8.14. The van der Waals surface area contributed by atoms with Crippen molar-refractivity contribution < 1.29 is 0 Å². The highest BCUT2D eigenvalue weighted by atomic mass is 127. The number of benzene rings is 1. The standard InChI is InChI=1S/C12H15IN4/c1-3-10-11(14)12(17(2)16-10)15-9-6-4-5-8(13)7-9/h4-7,15H,3,14H2,1-2H3. The monoisotopic (exact) mass is 342 g/mol. The zero-order chi connectivity index (χ0) is 12.4. The molecule has 0 spiro atoms. The summed E-state index contributed by atoms with van der Waals surface area (Å²) in [4.78, 5) is 0. The lowest BCUT2D eigenvalue weighted by molar-refractivity contribution is 0.753. The molecule has 1 heterocycles. The molecule has 17 heavy (non-hydrogen) atoms. The van der Waals surface area contributed by atoms with Gasteiger partial charge in [-0.3, -0.25) is 4.68 Å². The summed E-state index contributed by atoms with van der Waals surface area (Å²) >= 11 is 2.28. The normalized spacial score (nSPS) is 10.5. The molecule has 3 N–H and O–H groups in total. The fraction of sp³-hybridized carbons (Fsp3) is 0.250. The number of nitrogen functional groups attached to an aromatic ring is 1. The third-order valence-electron chi connectivity index (χ3n) is 2.58. The van der Waals surface area contributed by atoms with Gasteiger partial charge < -0.3 is 11.1 Å². The van der Waals surface area contributed by atoms with Crippen molar-refractivity contribution in [3.8, 4) is 0 Å². The molecule has 0 aliphatic carbocycles. The zero-order valence-electron chi connectivity index (χ0n) is 9.87. The van der Waals surface area contributed by atoms with Crippen molar-refractivity contribution in [3.05, 3.63) is 33.5 Å². The Morgan fingerprint density at radius 2 is 2.24 bits per heavy atom. The molecule has 0 fully saturated rings. The predicted octanol–water partition coefficient (Wildman–Crippen LogP) is 2.91. The summed E-state index contributed by atoms with van der Waals surface area (Å²) in [5, 5.41) is 7.68. The minimum Gasteiger partial charge on any atom is -0.394 e. The number of rotatable bonds is 3. The Morgan fingerprint density at radius 1 is 1.47 bits per heavy atom. The van der Waals surface area contributed by atoms with Crippen LogP contribution in [-0.2, 0) is 13.5 Å². The van der Waals surface area contributed by atoms with Crippen LogP contribution in [0, 0.1) is 3.57 Å². The molecular weight excluding hydrogens is 327 g/mol. The fourth-order valence-corrected chi connectivity index (χ4v) is 2.25. The van der Waals surface area contributed by atoms with Crippen molar-refractivity contribution in [2.45, 2.75) is 13.3 Å². The van der Waals surface area contributed by atoms with Crippen LogP contribution < -0.4 is 11.1 Å². The molecule has 0 radical (unpaired) electrons. The first kappa shape index (κ1) is 12.2. The maximum atomic E-state index is 6.05. The van der Waals surface area contributed by atoms with Crippen LogP contribution >= 0.6 is 22.6 Å². The minimum absolute atomic E-state index is 0.730. The third-order valence-corrected chi connectivity index (χ3v) is 3.25. The van der Waals surface area contributed by atoms with E-state index in [1.54, 1.807) is 4.68 Å². The third kappa shape index (κ3) is 2.54. The number of aromatic nitrogens is 2. The number of nitrogens with one attached hydrogen (secondary N) is 1. The van der Waals surface area contributed by atoms with Gasteiger partial charge in [-0.05, 0) is 47.2 Å². The highest BCUT2D eigenvalue weighted by Crippen LogP contribution is 2.26. The van der Waals surface area contributed by atoms with Crippen LogP contribution in [0.4, 0.5) is 17.2 Å². The Bertz CT molecular complexity index is 533. The lowest BCUT2D eigenvalue weighted by atomic mass is 10.3. The molecule has 4 nitrogen and oxygen atoms in total. The van der Waals surface area contributed by atoms with Crippen LogP contribution in [0.15, 0.2) is 24.3 Å². The van der Waals surface area contributed by atoms with Gasteiger partial charge in [-0.15, -0.1) is 0 Å². The number of nitrogens with zero attached hydrogens (tertiary/aromatic N) is 2. The molecule has 0 amide bonds. The van der Waals surface area contributed by atoms with E-state index >= 15 is 0 Å². The molecule has 2 rings (SSSR count). The van der Waals surface area contributed by atoms with E-state index in [0.717, 1.165) is 29.3 Å². The van der Waals surface area contributed by atoms with Crippen molar-refractivity contribution in [1.82, 2.24) is 9.78 Å². The van der Waals surface area contributed by atoms with E-state index in [0.29, 0.717) is 0 Å². The average molecular weight is 342 g/mol. The number of hydrogen-bond donors (Lipinski definition) is 2. The Balaban J connectivity index is 2.33. The first-order valence-electron chi connectivity index (χ1n) is 5.45. The van der Waals surface area contributed by atoms with E-state index in [4.69, 9.17) is 5.73 Å². The predicted molar refractivity (Wildman–Crippen MR) is 79.4 cm³/mol. The van der Waals surface area contributed by atoms with Crippen molar-refractivity contribution in [3.63, 3.8) is 0 Å². The van der Waals surface area contributed by atoms with Crippen molar-refractivity contribution in [2.75, 3.05) is 11.1 Å². The number of hydrogen-bond acceptors (Lipinski definition) is 3. The fourth-order valence-electron chi connectivity index (χ4n) is 1.71. The van der Waals surface area contributed by atoms with E-state index < -0.39 is 0 Å². The van der Waals surface area contributed by atoms with E-state index in [1.807, 2.05) is 26.1 Å². The van der Waals surface area contributed by atoms with Crippen LogP contribution in [0.25, 0.3) is 0 Å². The molecule has 0 bridgehead atoms. The van der Waals surface area contributed by atoms with Gasteiger partial charge in [0, 0.05) is 16.3 Å². The highest BCUT2D eigenvalue weighted by Gasteiger charge is 2.11. The lowest BCUT2D eigenvalue weighted by Gasteiger charge is -2.07. The van der Waals surface area contributed by atoms with Gasteiger partial charge >= 0.3 is 0 Å². The zero-order valence-corrected chi connectivity index (χ0v) is 12.0. The first-order chi connectivity index (χ1) is 8.11. The van der Waals surface area contributed by atoms with Gasteiger partial charge in [-0.25, -0.2) is 0 Å². The van der Waals surface area contributed by atoms with Crippen LogP contribution in [0.3, 0.4) is 0 Å². The summed E-state index contributed by atoms with van der Waals surface area (Å²) in [6.45, 7) is 2.05. The maximum absolute atomic E-state index is 6.05. The second kappa shape index (κ2) is 4.95. The number of aryl methyl sites for hydroxylation is 2. The quantitative estimate of drug-likeness (QED) is 0.844. The molecular formula is C12H15IN4. The highest BCUT2D eigenvalue weighted by molar-refractivity contribution is 14.1. The molecule has 5 heteroatoms. The molecule has 2 aromatic rings. The molecule has 0 aliphatic heterocycles. The van der Waals surface area contributed by atoms with Crippen LogP contribution in [-0.4, -0.2) is 9.78 Å². The molecule has 1 aromatic carbocycles. The van der Waals surface area contributed by atoms with Gasteiger partial charge in [-0.2, -0.15) is 5.10 Å². The first-order valence-corrected chi connectivity index (χ1v) is 6.53. The molecule has 0 saturated heterocycles. The summed E-state index contributed by atoms with van der Waals surface area (Å²) in [6.07, 6.45) is 0.841.